The summed E-state index contributed by atoms with van der Waals surface area (Å²) in [6.45, 7) is 2.37. The molecule has 2 heterocycles. The highest BCUT2D eigenvalue weighted by Crippen LogP contribution is 2.48. The molecule has 2 aliphatic heterocycles. The second-order valence-corrected chi connectivity index (χ2v) is 16.4. The lowest BCUT2D eigenvalue weighted by Gasteiger charge is -2.26. The third-order valence-corrected chi connectivity index (χ3v) is 11.9. The molecule has 2 aliphatic rings. The van der Waals surface area contributed by atoms with E-state index < -0.39 is 0 Å². The fraction of sp³-hybridized carbons (Fsp3) is 0.250. The van der Waals surface area contributed by atoms with Crippen LogP contribution in [0.25, 0.3) is 33.6 Å². The van der Waals surface area contributed by atoms with Gasteiger partial charge in [0.2, 0.25) is 0 Å². The van der Waals surface area contributed by atoms with Gasteiger partial charge in [-0.2, -0.15) is 0 Å². The molecule has 6 aromatic rings. The summed E-state index contributed by atoms with van der Waals surface area (Å²) in [4.78, 5) is 33.6. The highest BCUT2D eigenvalue weighted by atomic mass is 16.5. The third kappa shape index (κ3) is 10.4. The maximum Gasteiger partial charge on any atom is 0.261 e. The number of carbonyl (C=O) groups excluding carboxylic acids is 2. The van der Waals surface area contributed by atoms with Gasteiger partial charge in [-0.1, -0.05) is 146 Å². The molecule has 0 aliphatic carbocycles. The fourth-order valence-corrected chi connectivity index (χ4v) is 8.47. The van der Waals surface area contributed by atoms with E-state index in [1.807, 2.05) is 158 Å². The van der Waals surface area contributed by atoms with Crippen molar-refractivity contribution in [3.63, 3.8) is 0 Å². The summed E-state index contributed by atoms with van der Waals surface area (Å²) in [5, 5.41) is 18.0. The minimum Gasteiger partial charge on any atom is -0.494 e. The Morgan fingerprint density at radius 3 is 1.02 bits per heavy atom. The Morgan fingerprint density at radius 2 is 0.672 bits per heavy atom. The molecule has 0 unspecified atom stereocenters. The Labute approximate surface area is 376 Å². The number of hydrogen-bond acceptors (Lipinski definition) is 6. The second-order valence-electron chi connectivity index (χ2n) is 16.4. The number of hydrogen-bond donors (Lipinski definition) is 2. The number of carbonyl (C=O) groups is 2. The zero-order valence-electron chi connectivity index (χ0n) is 36.3. The van der Waals surface area contributed by atoms with Crippen molar-refractivity contribution in [2.45, 2.75) is 64.5 Å². The Morgan fingerprint density at radius 1 is 0.359 bits per heavy atom. The van der Waals surface area contributed by atoms with Gasteiger partial charge < -0.3 is 29.5 Å². The van der Waals surface area contributed by atoms with Gasteiger partial charge in [0, 0.05) is 13.2 Å². The molecule has 0 saturated carbocycles. The maximum atomic E-state index is 15.0. The summed E-state index contributed by atoms with van der Waals surface area (Å²) >= 11 is 0. The molecule has 64 heavy (non-hydrogen) atoms. The van der Waals surface area contributed by atoms with E-state index in [2.05, 4.69) is 0 Å². The predicted octanol–water partition coefficient (Wildman–Crippen LogP) is 11.1. The number of aliphatic hydroxyl groups is 2. The van der Waals surface area contributed by atoms with Crippen LogP contribution in [-0.4, -0.2) is 58.3 Å². The molecule has 8 heteroatoms. The Hall–Kier alpha value is -6.74. The number of fused-ring (bicyclic) bond motifs is 1. The SMILES string of the molecule is O=C1C2=C(c3ccc(-c4ccc(OCCCCCCO)cc4)cc3)N(Cc3ccccc3)C(=O)C2=C(c2ccc(-c3ccc(OCCCCCCO)cc3)cc2)N1Cc1ccccc1. The van der Waals surface area contributed by atoms with Gasteiger partial charge in [-0.15, -0.1) is 0 Å². The van der Waals surface area contributed by atoms with Crippen LogP contribution < -0.4 is 9.47 Å². The molecule has 0 saturated heterocycles. The van der Waals surface area contributed by atoms with E-state index in [0.717, 1.165) is 107 Å². The van der Waals surface area contributed by atoms with E-state index in [4.69, 9.17) is 19.7 Å². The number of aliphatic hydroxyl groups excluding tert-OH is 2. The van der Waals surface area contributed by atoms with Crippen molar-refractivity contribution >= 4 is 23.2 Å². The van der Waals surface area contributed by atoms with E-state index >= 15 is 9.59 Å². The predicted molar refractivity (Wildman–Crippen MR) is 254 cm³/mol. The zero-order valence-corrected chi connectivity index (χ0v) is 36.3. The number of ether oxygens (including phenoxy) is 2. The van der Waals surface area contributed by atoms with E-state index in [-0.39, 0.29) is 25.0 Å². The van der Waals surface area contributed by atoms with Gasteiger partial charge >= 0.3 is 0 Å². The van der Waals surface area contributed by atoms with Gasteiger partial charge in [-0.3, -0.25) is 9.59 Å². The first-order valence-corrected chi connectivity index (χ1v) is 22.6. The van der Waals surface area contributed by atoms with E-state index in [0.29, 0.717) is 48.8 Å². The Kier molecular flexibility index (Phi) is 14.8. The minimum absolute atomic E-state index is 0.200. The van der Waals surface area contributed by atoms with Crippen LogP contribution in [0.3, 0.4) is 0 Å². The second kappa shape index (κ2) is 21.6. The summed E-state index contributed by atoms with van der Waals surface area (Å²) in [5.41, 5.74) is 9.66. The molecule has 0 spiro atoms. The zero-order chi connectivity index (χ0) is 44.1. The summed E-state index contributed by atoms with van der Waals surface area (Å²) in [7, 11) is 0. The lowest BCUT2D eigenvalue weighted by atomic mass is 9.98. The van der Waals surface area contributed by atoms with E-state index in [1.54, 1.807) is 9.80 Å². The van der Waals surface area contributed by atoms with Crippen LogP contribution in [0.5, 0.6) is 11.5 Å². The standard InChI is InChI=1S/C56H56N2O6/c59-35-11-1-3-13-37-63-49-31-27-45(28-32-49)43-19-23-47(24-20-43)53-51-52(56(62)57(53)39-41-15-7-5-8-16-41)54(58(55(51)61)40-42-17-9-6-10-18-42)48-25-21-44(22-26-48)46-29-33-50(34-30-46)64-38-14-4-2-12-36-60/h5-10,15-34,59-60H,1-4,11-14,35-40H2. The van der Waals surface area contributed by atoms with Crippen molar-refractivity contribution in [2.24, 2.45) is 0 Å². The number of rotatable bonds is 22. The summed E-state index contributed by atoms with van der Waals surface area (Å²) in [6, 6.07) is 52.2. The van der Waals surface area contributed by atoms with Gasteiger partial charge in [-0.05, 0) is 107 Å². The maximum absolute atomic E-state index is 15.0. The van der Waals surface area contributed by atoms with Crippen molar-refractivity contribution in [1.82, 2.24) is 9.80 Å². The molecule has 0 radical (unpaired) electrons. The average molecular weight is 853 g/mol. The summed E-state index contributed by atoms with van der Waals surface area (Å²) < 4.78 is 11.9. The lowest BCUT2D eigenvalue weighted by Crippen LogP contribution is -2.29. The normalized spacial score (nSPS) is 13.6. The van der Waals surface area contributed by atoms with Crippen molar-refractivity contribution in [2.75, 3.05) is 26.4 Å². The minimum atomic E-state index is -0.200. The third-order valence-electron chi connectivity index (χ3n) is 11.9. The van der Waals surface area contributed by atoms with Crippen LogP contribution >= 0.6 is 0 Å². The molecular formula is C56H56N2O6. The first-order valence-electron chi connectivity index (χ1n) is 22.6. The summed E-state index contributed by atoms with van der Waals surface area (Å²) in [6.07, 6.45) is 7.61. The molecule has 2 N–H and O–H groups in total. The molecule has 8 nitrogen and oxygen atoms in total. The van der Waals surface area contributed by atoms with E-state index in [1.165, 1.54) is 0 Å². The molecule has 0 bridgehead atoms. The average Bonchev–Trinajstić information content (AvgIpc) is 3.78. The van der Waals surface area contributed by atoms with Crippen LogP contribution in [0.1, 0.15) is 73.6 Å². The Bertz CT molecular complexity index is 2350. The molecule has 0 fully saturated rings. The van der Waals surface area contributed by atoms with Crippen LogP contribution in [-0.2, 0) is 22.7 Å². The summed E-state index contributed by atoms with van der Waals surface area (Å²) in [5.74, 6) is 1.23. The van der Waals surface area contributed by atoms with Crippen LogP contribution in [0, 0.1) is 0 Å². The van der Waals surface area contributed by atoms with Crippen LogP contribution in [0.2, 0.25) is 0 Å². The highest BCUT2D eigenvalue weighted by Gasteiger charge is 2.48. The molecule has 8 rings (SSSR count). The van der Waals surface area contributed by atoms with Crippen molar-refractivity contribution < 1.29 is 29.3 Å². The number of nitrogens with zero attached hydrogens (tertiary/aromatic N) is 2. The van der Waals surface area contributed by atoms with Gasteiger partial charge in [0.05, 0.1) is 48.8 Å². The Balaban J connectivity index is 1.10. The fourth-order valence-electron chi connectivity index (χ4n) is 8.47. The van der Waals surface area contributed by atoms with Gasteiger partial charge in [-0.25, -0.2) is 0 Å². The molecule has 0 atom stereocenters. The number of unbranched alkanes of at least 4 members (excludes halogenated alkanes) is 6. The van der Waals surface area contributed by atoms with Crippen LogP contribution in [0.4, 0.5) is 0 Å². The molecule has 0 aromatic heterocycles. The molecular weight excluding hydrogens is 797 g/mol. The van der Waals surface area contributed by atoms with Crippen molar-refractivity contribution in [3.8, 4) is 33.8 Å². The quantitative estimate of drug-likeness (QED) is 0.0660. The molecule has 326 valence electrons. The monoisotopic (exact) mass is 852 g/mol. The van der Waals surface area contributed by atoms with Gasteiger partial charge in [0.1, 0.15) is 11.5 Å². The van der Waals surface area contributed by atoms with E-state index in [9.17, 15) is 0 Å². The molecule has 6 aromatic carbocycles. The number of benzene rings is 6. The first kappa shape index (κ1) is 43.9. The smallest absolute Gasteiger partial charge is 0.261 e. The van der Waals surface area contributed by atoms with Gasteiger partial charge in [0.15, 0.2) is 0 Å². The van der Waals surface area contributed by atoms with Crippen LogP contribution in [0.15, 0.2) is 169 Å². The van der Waals surface area contributed by atoms with Gasteiger partial charge in [0.25, 0.3) is 11.8 Å². The first-order chi connectivity index (χ1) is 31.5. The van der Waals surface area contributed by atoms with Crippen molar-refractivity contribution in [3.05, 3.63) is 191 Å². The largest absolute Gasteiger partial charge is 0.494 e. The highest BCUT2D eigenvalue weighted by molar-refractivity contribution is 6.30. The topological polar surface area (TPSA) is 99.5 Å². The number of amides is 2. The van der Waals surface area contributed by atoms with Crippen molar-refractivity contribution in [1.29, 1.82) is 0 Å². The molecule has 2 amide bonds. The lowest BCUT2D eigenvalue weighted by molar-refractivity contribution is -0.124.